The predicted octanol–water partition coefficient (Wildman–Crippen LogP) is 4.84. The molecule has 6 nitrogen and oxygen atoms in total. The number of rotatable bonds is 4. The fraction of sp³-hybridized carbons (Fsp3) is 0.462. The van der Waals surface area contributed by atoms with Crippen LogP contribution in [0.5, 0.6) is 0 Å². The van der Waals surface area contributed by atoms with Crippen molar-refractivity contribution in [2.24, 2.45) is 0 Å². The standard InChI is InChI=1S/C26H31ClN4O2S/c1-18-22-10-9-21(34(2,32)33)16-25(22)29-26(28-18)30-13-5-6-20(12-15-30)31-14-11-19(17-31)23-7-3-4-8-24(23)27/h3-4,7-10,16,19-20H,5-6,11-15,17H2,1-2H3. The van der Waals surface area contributed by atoms with E-state index < -0.39 is 9.84 Å². The summed E-state index contributed by atoms with van der Waals surface area (Å²) >= 11 is 6.47. The van der Waals surface area contributed by atoms with Gasteiger partial charge in [-0.2, -0.15) is 0 Å². The van der Waals surface area contributed by atoms with Crippen LogP contribution >= 0.6 is 11.6 Å². The van der Waals surface area contributed by atoms with Crippen LogP contribution in [0.25, 0.3) is 10.9 Å². The molecule has 2 unspecified atom stereocenters. The number of benzene rings is 2. The van der Waals surface area contributed by atoms with Crippen molar-refractivity contribution in [1.29, 1.82) is 0 Å². The summed E-state index contributed by atoms with van der Waals surface area (Å²) < 4.78 is 24.0. The molecule has 0 amide bonds. The molecule has 2 aliphatic rings. The lowest BCUT2D eigenvalue weighted by Crippen LogP contribution is -2.34. The van der Waals surface area contributed by atoms with Gasteiger partial charge in [-0.25, -0.2) is 18.4 Å². The number of likely N-dealkylation sites (tertiary alicyclic amines) is 1. The van der Waals surface area contributed by atoms with Gasteiger partial charge in [-0.3, -0.25) is 4.90 Å². The predicted molar refractivity (Wildman–Crippen MR) is 138 cm³/mol. The molecule has 5 rings (SSSR count). The van der Waals surface area contributed by atoms with Crippen LogP contribution in [0, 0.1) is 6.92 Å². The maximum Gasteiger partial charge on any atom is 0.226 e. The van der Waals surface area contributed by atoms with Crippen LogP contribution in [0.15, 0.2) is 47.4 Å². The van der Waals surface area contributed by atoms with Crippen LogP contribution in [0.2, 0.25) is 5.02 Å². The van der Waals surface area contributed by atoms with Gasteiger partial charge in [0.25, 0.3) is 0 Å². The molecule has 0 N–H and O–H groups in total. The number of halogens is 1. The average molecular weight is 499 g/mol. The third kappa shape index (κ3) is 4.79. The molecule has 8 heteroatoms. The molecule has 2 aromatic carbocycles. The maximum absolute atomic E-state index is 12.0. The summed E-state index contributed by atoms with van der Waals surface area (Å²) in [5.74, 6) is 1.20. The third-order valence-corrected chi connectivity index (χ3v) is 8.79. The number of nitrogens with zero attached hydrogens (tertiary/aromatic N) is 4. The van der Waals surface area contributed by atoms with Crippen molar-refractivity contribution in [2.75, 3.05) is 37.3 Å². The quantitative estimate of drug-likeness (QED) is 0.512. The second-order valence-corrected chi connectivity index (χ2v) is 12.1. The Morgan fingerprint density at radius 3 is 2.62 bits per heavy atom. The molecule has 2 atom stereocenters. The van der Waals surface area contributed by atoms with Crippen molar-refractivity contribution >= 4 is 38.3 Å². The van der Waals surface area contributed by atoms with E-state index in [9.17, 15) is 8.42 Å². The SMILES string of the molecule is Cc1nc(N2CCCC(N3CCC(c4ccccc4Cl)C3)CC2)nc2cc(S(C)(=O)=O)ccc12. The van der Waals surface area contributed by atoms with E-state index in [0.717, 1.165) is 68.0 Å². The van der Waals surface area contributed by atoms with Gasteiger partial charge in [0.05, 0.1) is 16.1 Å². The van der Waals surface area contributed by atoms with Gasteiger partial charge in [0.15, 0.2) is 9.84 Å². The molecule has 3 heterocycles. The molecule has 1 aromatic heterocycles. The Balaban J connectivity index is 1.31. The zero-order valence-electron chi connectivity index (χ0n) is 19.7. The third-order valence-electron chi connectivity index (χ3n) is 7.34. The number of hydrogen-bond acceptors (Lipinski definition) is 6. The van der Waals surface area contributed by atoms with Gasteiger partial charge in [0.1, 0.15) is 0 Å². The molecule has 0 saturated carbocycles. The van der Waals surface area contributed by atoms with E-state index >= 15 is 0 Å². The Labute approximate surface area is 206 Å². The van der Waals surface area contributed by atoms with E-state index in [0.29, 0.717) is 28.3 Å². The first-order valence-electron chi connectivity index (χ1n) is 12.0. The Hall–Kier alpha value is -2.22. The second kappa shape index (κ2) is 9.44. The van der Waals surface area contributed by atoms with E-state index in [1.807, 2.05) is 25.1 Å². The summed E-state index contributed by atoms with van der Waals surface area (Å²) in [6, 6.07) is 13.9. The van der Waals surface area contributed by atoms with Crippen LogP contribution in [0.1, 0.15) is 42.9 Å². The minimum atomic E-state index is -3.28. The summed E-state index contributed by atoms with van der Waals surface area (Å²) in [6.07, 6.45) is 5.70. The molecule has 180 valence electrons. The highest BCUT2D eigenvalue weighted by atomic mass is 35.5. The van der Waals surface area contributed by atoms with Crippen LogP contribution in [0.4, 0.5) is 5.95 Å². The van der Waals surface area contributed by atoms with Gasteiger partial charge in [-0.05, 0) is 74.9 Å². The lowest BCUT2D eigenvalue weighted by Gasteiger charge is -2.27. The van der Waals surface area contributed by atoms with E-state index in [4.69, 9.17) is 21.6 Å². The fourth-order valence-corrected chi connectivity index (χ4v) is 6.38. The second-order valence-electron chi connectivity index (χ2n) is 9.63. The van der Waals surface area contributed by atoms with Crippen LogP contribution in [0.3, 0.4) is 0 Å². The first-order chi connectivity index (χ1) is 16.3. The summed E-state index contributed by atoms with van der Waals surface area (Å²) in [5.41, 5.74) is 2.84. The van der Waals surface area contributed by atoms with Crippen molar-refractivity contribution in [2.45, 2.75) is 49.5 Å². The van der Waals surface area contributed by atoms with Gasteiger partial charge >= 0.3 is 0 Å². The molecule has 34 heavy (non-hydrogen) atoms. The van der Waals surface area contributed by atoms with E-state index in [-0.39, 0.29) is 0 Å². The highest BCUT2D eigenvalue weighted by Gasteiger charge is 2.31. The molecule has 2 saturated heterocycles. The van der Waals surface area contributed by atoms with Gasteiger partial charge < -0.3 is 4.90 Å². The monoisotopic (exact) mass is 498 g/mol. The summed E-state index contributed by atoms with van der Waals surface area (Å²) in [6.45, 7) is 5.95. The highest BCUT2D eigenvalue weighted by Crippen LogP contribution is 2.34. The van der Waals surface area contributed by atoms with E-state index in [1.165, 1.54) is 11.8 Å². The first kappa shape index (κ1) is 23.5. The number of aryl methyl sites for hydroxylation is 1. The summed E-state index contributed by atoms with van der Waals surface area (Å²) in [4.78, 5) is 14.8. The largest absolute Gasteiger partial charge is 0.341 e. The minimum Gasteiger partial charge on any atom is -0.341 e. The molecule has 3 aromatic rings. The Kier molecular flexibility index (Phi) is 6.53. The molecular formula is C26H31ClN4O2S. The van der Waals surface area contributed by atoms with Gasteiger partial charge in [-0.15, -0.1) is 0 Å². The van der Waals surface area contributed by atoms with Crippen molar-refractivity contribution in [1.82, 2.24) is 14.9 Å². The molecule has 2 aliphatic heterocycles. The van der Waals surface area contributed by atoms with Crippen molar-refractivity contribution in [3.05, 3.63) is 58.7 Å². The van der Waals surface area contributed by atoms with Gasteiger partial charge in [0.2, 0.25) is 5.95 Å². The zero-order chi connectivity index (χ0) is 23.9. The molecule has 2 fully saturated rings. The zero-order valence-corrected chi connectivity index (χ0v) is 21.3. The number of hydrogen-bond donors (Lipinski definition) is 0. The lowest BCUT2D eigenvalue weighted by molar-refractivity contribution is 0.222. The first-order valence-corrected chi connectivity index (χ1v) is 14.3. The molecule has 0 radical (unpaired) electrons. The Morgan fingerprint density at radius 1 is 1.00 bits per heavy atom. The normalized spacial score (nSPS) is 22.3. The maximum atomic E-state index is 12.0. The molecule has 0 aliphatic carbocycles. The lowest BCUT2D eigenvalue weighted by atomic mass is 9.98. The van der Waals surface area contributed by atoms with Gasteiger partial charge in [0, 0.05) is 42.3 Å². The Bertz CT molecular complexity index is 1310. The van der Waals surface area contributed by atoms with E-state index in [1.54, 1.807) is 12.1 Å². The summed E-state index contributed by atoms with van der Waals surface area (Å²) in [7, 11) is -3.28. The van der Waals surface area contributed by atoms with Crippen LogP contribution in [-0.2, 0) is 9.84 Å². The molecule has 0 spiro atoms. The summed E-state index contributed by atoms with van der Waals surface area (Å²) in [5, 5.41) is 1.77. The number of aromatic nitrogens is 2. The average Bonchev–Trinajstić information content (AvgIpc) is 3.15. The Morgan fingerprint density at radius 2 is 1.82 bits per heavy atom. The van der Waals surface area contributed by atoms with Crippen LogP contribution < -0.4 is 4.90 Å². The highest BCUT2D eigenvalue weighted by molar-refractivity contribution is 7.90. The molecule has 0 bridgehead atoms. The van der Waals surface area contributed by atoms with Crippen molar-refractivity contribution < 1.29 is 8.42 Å². The topological polar surface area (TPSA) is 66.4 Å². The number of fused-ring (bicyclic) bond motifs is 1. The van der Waals surface area contributed by atoms with E-state index in [2.05, 4.69) is 21.9 Å². The van der Waals surface area contributed by atoms with Gasteiger partial charge in [-0.1, -0.05) is 29.8 Å². The minimum absolute atomic E-state index is 0.294. The number of anilines is 1. The van der Waals surface area contributed by atoms with Crippen LogP contribution in [-0.4, -0.2) is 61.8 Å². The number of sulfone groups is 1. The smallest absolute Gasteiger partial charge is 0.226 e. The fourth-order valence-electron chi connectivity index (χ4n) is 5.45. The van der Waals surface area contributed by atoms with Crippen molar-refractivity contribution in [3.8, 4) is 0 Å². The molecular weight excluding hydrogens is 468 g/mol. The van der Waals surface area contributed by atoms with Crippen molar-refractivity contribution in [3.63, 3.8) is 0 Å².